The van der Waals surface area contributed by atoms with E-state index in [4.69, 9.17) is 0 Å². The van der Waals surface area contributed by atoms with Crippen molar-refractivity contribution in [1.29, 1.82) is 0 Å². The molecule has 1 atom stereocenters. The standard InChI is InChI=1S/C20H25N11OS/c1-4-22-17-26-18(23-5-2)31-19(27-17)28-29-20(31)33-10-16(32)25-13(3)14-6-8-15(9-7-14)30-12-21-11-24-30/h6-9,11-13H,4-5,10H2,1-3H3,(H,25,32)(H2,22,23,26,27,28). The fourth-order valence-electron chi connectivity index (χ4n) is 3.15. The van der Waals surface area contributed by atoms with Crippen LogP contribution in [0.1, 0.15) is 32.4 Å². The lowest BCUT2D eigenvalue weighted by Crippen LogP contribution is -2.28. The number of carbonyl (C=O) groups is 1. The van der Waals surface area contributed by atoms with E-state index in [-0.39, 0.29) is 17.7 Å². The van der Waals surface area contributed by atoms with E-state index in [2.05, 4.69) is 46.2 Å². The van der Waals surface area contributed by atoms with Crippen LogP contribution in [0, 0.1) is 0 Å². The first-order valence-corrected chi connectivity index (χ1v) is 11.6. The maximum atomic E-state index is 12.6. The van der Waals surface area contributed by atoms with Crippen LogP contribution < -0.4 is 16.0 Å². The molecular formula is C20H25N11OS. The molecule has 0 saturated heterocycles. The zero-order valence-corrected chi connectivity index (χ0v) is 19.4. The molecule has 1 unspecified atom stereocenters. The van der Waals surface area contributed by atoms with Crippen molar-refractivity contribution in [3.05, 3.63) is 42.5 Å². The second-order valence-corrected chi connectivity index (χ2v) is 8.00. The number of carbonyl (C=O) groups excluding carboxylic acids is 1. The molecule has 0 aliphatic carbocycles. The van der Waals surface area contributed by atoms with Crippen LogP contribution in [0.3, 0.4) is 0 Å². The minimum atomic E-state index is -0.152. The Labute approximate surface area is 194 Å². The van der Waals surface area contributed by atoms with Crippen molar-refractivity contribution in [2.45, 2.75) is 32.0 Å². The molecule has 0 fully saturated rings. The van der Waals surface area contributed by atoms with Crippen molar-refractivity contribution < 1.29 is 4.79 Å². The summed E-state index contributed by atoms with van der Waals surface area (Å²) in [7, 11) is 0. The molecule has 0 aliphatic heterocycles. The maximum Gasteiger partial charge on any atom is 0.261 e. The van der Waals surface area contributed by atoms with Gasteiger partial charge in [0.05, 0.1) is 17.5 Å². The Morgan fingerprint density at radius 2 is 1.88 bits per heavy atom. The molecule has 0 aliphatic rings. The number of hydrogen-bond donors (Lipinski definition) is 3. The average molecular weight is 468 g/mol. The van der Waals surface area contributed by atoms with Crippen molar-refractivity contribution in [3.8, 4) is 5.69 Å². The summed E-state index contributed by atoms with van der Waals surface area (Å²) in [6, 6.07) is 7.65. The number of aromatic nitrogens is 8. The SMILES string of the molecule is CCNc1nc(NCC)n2c(SCC(=O)NC(C)c3ccc(-n4cncn4)cc3)nnc2n1. The van der Waals surface area contributed by atoms with Gasteiger partial charge in [0.15, 0.2) is 5.16 Å². The van der Waals surface area contributed by atoms with Crippen LogP contribution in [0.4, 0.5) is 11.9 Å². The van der Waals surface area contributed by atoms with Crippen LogP contribution in [0.2, 0.25) is 0 Å². The van der Waals surface area contributed by atoms with E-state index in [9.17, 15) is 4.79 Å². The number of rotatable bonds is 10. The Morgan fingerprint density at radius 1 is 1.09 bits per heavy atom. The minimum Gasteiger partial charge on any atom is -0.355 e. The summed E-state index contributed by atoms with van der Waals surface area (Å²) >= 11 is 1.28. The summed E-state index contributed by atoms with van der Waals surface area (Å²) in [4.78, 5) is 25.4. The van der Waals surface area contributed by atoms with Crippen molar-refractivity contribution in [2.75, 3.05) is 29.5 Å². The Hall–Kier alpha value is -3.74. The molecule has 0 radical (unpaired) electrons. The molecule has 1 amide bonds. The second kappa shape index (κ2) is 10.3. The van der Waals surface area contributed by atoms with E-state index >= 15 is 0 Å². The zero-order valence-electron chi connectivity index (χ0n) is 18.6. The van der Waals surface area contributed by atoms with Gasteiger partial charge in [0, 0.05) is 13.1 Å². The molecule has 4 aromatic rings. The van der Waals surface area contributed by atoms with Crippen molar-refractivity contribution in [3.63, 3.8) is 0 Å². The van der Waals surface area contributed by atoms with Gasteiger partial charge in [-0.15, -0.1) is 10.2 Å². The molecule has 1 aromatic carbocycles. The smallest absolute Gasteiger partial charge is 0.261 e. The predicted molar refractivity (Wildman–Crippen MR) is 126 cm³/mol. The monoisotopic (exact) mass is 467 g/mol. The molecule has 4 rings (SSSR count). The van der Waals surface area contributed by atoms with E-state index < -0.39 is 0 Å². The summed E-state index contributed by atoms with van der Waals surface area (Å²) in [5.74, 6) is 1.54. The largest absolute Gasteiger partial charge is 0.355 e. The molecule has 3 N–H and O–H groups in total. The van der Waals surface area contributed by atoms with E-state index in [0.717, 1.165) is 11.3 Å². The third kappa shape index (κ3) is 5.19. The molecular weight excluding hydrogens is 442 g/mol. The average Bonchev–Trinajstić information content (AvgIpc) is 3.49. The molecule has 0 saturated carbocycles. The lowest BCUT2D eigenvalue weighted by Gasteiger charge is -2.15. The van der Waals surface area contributed by atoms with Gasteiger partial charge in [-0.2, -0.15) is 15.1 Å². The minimum absolute atomic E-state index is 0.111. The predicted octanol–water partition coefficient (Wildman–Crippen LogP) is 1.93. The van der Waals surface area contributed by atoms with Crippen LogP contribution in [-0.4, -0.2) is 64.1 Å². The van der Waals surface area contributed by atoms with Crippen LogP contribution in [-0.2, 0) is 4.79 Å². The van der Waals surface area contributed by atoms with Crippen molar-refractivity contribution >= 4 is 35.3 Å². The van der Waals surface area contributed by atoms with Gasteiger partial charge in [-0.1, -0.05) is 23.9 Å². The second-order valence-electron chi connectivity index (χ2n) is 7.06. The van der Waals surface area contributed by atoms with Crippen LogP contribution in [0.5, 0.6) is 0 Å². The summed E-state index contributed by atoms with van der Waals surface area (Å²) < 4.78 is 3.40. The van der Waals surface area contributed by atoms with Crippen molar-refractivity contribution in [1.82, 2.24) is 44.6 Å². The summed E-state index contributed by atoms with van der Waals surface area (Å²) in [6.07, 6.45) is 3.13. The van der Waals surface area contributed by atoms with Gasteiger partial charge in [-0.3, -0.25) is 4.79 Å². The quantitative estimate of drug-likeness (QED) is 0.296. The first kappa shape index (κ1) is 22.5. The molecule has 3 heterocycles. The highest BCUT2D eigenvalue weighted by atomic mass is 32.2. The molecule has 0 spiro atoms. The van der Waals surface area contributed by atoms with Crippen LogP contribution in [0.15, 0.2) is 42.1 Å². The Kier molecular flexibility index (Phi) is 6.98. The van der Waals surface area contributed by atoms with Crippen LogP contribution in [0.25, 0.3) is 11.5 Å². The van der Waals surface area contributed by atoms with Gasteiger partial charge in [0.1, 0.15) is 12.7 Å². The molecule has 0 bridgehead atoms. The molecule has 3 aromatic heterocycles. The lowest BCUT2D eigenvalue weighted by atomic mass is 10.1. The summed E-state index contributed by atoms with van der Waals surface area (Å²) in [5.41, 5.74) is 1.89. The summed E-state index contributed by atoms with van der Waals surface area (Å²) in [6.45, 7) is 7.26. The van der Waals surface area contributed by atoms with Gasteiger partial charge >= 0.3 is 0 Å². The highest BCUT2D eigenvalue weighted by Crippen LogP contribution is 2.21. The Balaban J connectivity index is 1.40. The number of hydrogen-bond acceptors (Lipinski definition) is 10. The van der Waals surface area contributed by atoms with Gasteiger partial charge in [-0.25, -0.2) is 14.1 Å². The lowest BCUT2D eigenvalue weighted by molar-refractivity contribution is -0.119. The highest BCUT2D eigenvalue weighted by Gasteiger charge is 2.17. The van der Waals surface area contributed by atoms with Crippen LogP contribution >= 0.6 is 11.8 Å². The van der Waals surface area contributed by atoms with Gasteiger partial charge < -0.3 is 16.0 Å². The van der Waals surface area contributed by atoms with Gasteiger partial charge in [-0.05, 0) is 38.5 Å². The number of thioether (sulfide) groups is 1. The number of nitrogens with one attached hydrogen (secondary N) is 3. The van der Waals surface area contributed by atoms with E-state index in [1.165, 1.54) is 18.1 Å². The van der Waals surface area contributed by atoms with Gasteiger partial charge in [0.25, 0.3) is 5.78 Å². The highest BCUT2D eigenvalue weighted by molar-refractivity contribution is 7.99. The maximum absolute atomic E-state index is 12.6. The fourth-order valence-corrected chi connectivity index (χ4v) is 3.89. The first-order chi connectivity index (χ1) is 16.1. The van der Waals surface area contributed by atoms with E-state index in [1.807, 2.05) is 45.0 Å². The first-order valence-electron chi connectivity index (χ1n) is 10.6. The normalized spacial score (nSPS) is 12.0. The fraction of sp³-hybridized carbons (Fsp3) is 0.350. The van der Waals surface area contributed by atoms with Crippen molar-refractivity contribution in [2.24, 2.45) is 0 Å². The molecule has 13 heteroatoms. The number of benzene rings is 1. The third-order valence-corrected chi connectivity index (χ3v) is 5.63. The topological polar surface area (TPSA) is 140 Å². The third-order valence-electron chi connectivity index (χ3n) is 4.70. The number of nitrogens with zero attached hydrogens (tertiary/aromatic N) is 8. The summed E-state index contributed by atoms with van der Waals surface area (Å²) in [5, 5.41) is 22.3. The molecule has 33 heavy (non-hydrogen) atoms. The Bertz CT molecular complexity index is 1210. The zero-order chi connectivity index (χ0) is 23.2. The number of fused-ring (bicyclic) bond motifs is 1. The Morgan fingerprint density at radius 3 is 2.58 bits per heavy atom. The van der Waals surface area contributed by atoms with E-state index in [0.29, 0.717) is 35.9 Å². The molecule has 12 nitrogen and oxygen atoms in total. The van der Waals surface area contributed by atoms with Gasteiger partial charge in [0.2, 0.25) is 17.8 Å². The van der Waals surface area contributed by atoms with E-state index in [1.54, 1.807) is 15.4 Å². The number of anilines is 2. The molecule has 172 valence electrons. The number of amides is 1.